The number of ether oxygens (including phenoxy) is 1. The smallest absolute Gasteiger partial charge is 0.270 e. The topological polar surface area (TPSA) is 111 Å². The molecule has 7 nitrogen and oxygen atoms in total. The van der Waals surface area contributed by atoms with Gasteiger partial charge in [-0.2, -0.15) is 5.26 Å². The fourth-order valence-electron chi connectivity index (χ4n) is 2.32. The van der Waals surface area contributed by atoms with Crippen molar-refractivity contribution in [3.63, 3.8) is 0 Å². The maximum Gasteiger partial charge on any atom is 0.270 e. The first kappa shape index (κ1) is 17.6. The summed E-state index contributed by atoms with van der Waals surface area (Å²) in [4.78, 5) is 15.0. The van der Waals surface area contributed by atoms with Gasteiger partial charge in [-0.25, -0.2) is 10.3 Å². The van der Waals surface area contributed by atoms with Crippen LogP contribution in [0.15, 0.2) is 18.2 Å². The maximum absolute atomic E-state index is 14.0. The van der Waals surface area contributed by atoms with Crippen molar-refractivity contribution < 1.29 is 18.9 Å². The van der Waals surface area contributed by atoms with E-state index in [1.54, 1.807) is 0 Å². The zero-order valence-electron chi connectivity index (χ0n) is 12.2. The molecule has 0 aliphatic carbocycles. The van der Waals surface area contributed by atoms with E-state index in [4.69, 9.17) is 15.5 Å². The molecule has 2 rings (SSSR count). The van der Waals surface area contributed by atoms with Crippen molar-refractivity contribution >= 4 is 17.4 Å². The molecule has 1 aliphatic rings. The second-order valence-electron chi connectivity index (χ2n) is 5.12. The van der Waals surface area contributed by atoms with Crippen molar-refractivity contribution in [2.45, 2.75) is 23.7 Å². The minimum absolute atomic E-state index is 0.00866. The summed E-state index contributed by atoms with van der Waals surface area (Å²) >= 11 is 1.31. The lowest BCUT2D eigenvalue weighted by molar-refractivity contribution is -0.385. The summed E-state index contributed by atoms with van der Waals surface area (Å²) in [6, 6.07) is 5.48. The largest absolute Gasteiger partial charge is 0.381 e. The number of rotatable bonds is 6. The molecule has 0 aromatic heterocycles. The molecule has 0 saturated carbocycles. The van der Waals surface area contributed by atoms with Gasteiger partial charge < -0.3 is 4.74 Å². The summed E-state index contributed by atoms with van der Waals surface area (Å²) < 4.78 is 18.6. The Labute approximate surface area is 136 Å². The molecule has 2 N–H and O–H groups in total. The highest BCUT2D eigenvalue weighted by molar-refractivity contribution is 8.00. The average Bonchev–Trinajstić information content (AvgIpc) is 2.57. The molecule has 124 valence electrons. The summed E-state index contributed by atoms with van der Waals surface area (Å²) in [5.41, 5.74) is -0.233. The molecule has 1 heterocycles. The molecule has 0 spiro atoms. The molecule has 9 heteroatoms. The maximum atomic E-state index is 14.0. The molecule has 1 fully saturated rings. The number of non-ortho nitro benzene ring substituents is 1. The van der Waals surface area contributed by atoms with Crippen LogP contribution in [0.3, 0.4) is 0 Å². The molecule has 0 bridgehead atoms. The van der Waals surface area contributed by atoms with Gasteiger partial charge in [0, 0.05) is 36.7 Å². The van der Waals surface area contributed by atoms with Crippen LogP contribution in [0.4, 0.5) is 10.1 Å². The lowest BCUT2D eigenvalue weighted by atomic mass is 10.0. The zero-order chi connectivity index (χ0) is 16.9. The quantitative estimate of drug-likeness (QED) is 0.625. The molecule has 1 atom stereocenters. The minimum Gasteiger partial charge on any atom is -0.381 e. The third kappa shape index (κ3) is 4.17. The lowest BCUT2D eigenvalue weighted by Gasteiger charge is -2.31. The highest BCUT2D eigenvalue weighted by Gasteiger charge is 2.34. The van der Waals surface area contributed by atoms with Gasteiger partial charge in [0.2, 0.25) is 0 Å². The Balaban J connectivity index is 2.15. The van der Waals surface area contributed by atoms with Crippen molar-refractivity contribution in [3.05, 3.63) is 39.7 Å². The number of hydrogen-bond acceptors (Lipinski definition) is 7. The normalized spacial score (nSPS) is 18.1. The summed E-state index contributed by atoms with van der Waals surface area (Å²) in [5, 5.41) is 20.2. The van der Waals surface area contributed by atoms with Gasteiger partial charge in [0.25, 0.3) is 5.69 Å². The fraction of sp³-hybridized carbons (Fsp3) is 0.500. The molecule has 1 aromatic rings. The second-order valence-corrected chi connectivity index (χ2v) is 6.52. The molecule has 0 radical (unpaired) electrons. The van der Waals surface area contributed by atoms with E-state index in [9.17, 15) is 19.8 Å². The number of nitro benzene ring substituents is 1. The molecule has 23 heavy (non-hydrogen) atoms. The van der Waals surface area contributed by atoms with Crippen LogP contribution in [0.2, 0.25) is 0 Å². The number of thioether (sulfide) groups is 1. The molecule has 1 aromatic carbocycles. The predicted octanol–water partition coefficient (Wildman–Crippen LogP) is 2.47. The number of nitrogens with zero attached hydrogens (tertiary/aromatic N) is 2. The molecule has 0 amide bonds. The van der Waals surface area contributed by atoms with Crippen molar-refractivity contribution in [2.24, 2.45) is 5.90 Å². The predicted molar refractivity (Wildman–Crippen MR) is 81.9 cm³/mol. The molecular formula is C14H16FN3O4S. The summed E-state index contributed by atoms with van der Waals surface area (Å²) in [7, 11) is 0. The van der Waals surface area contributed by atoms with Crippen LogP contribution in [-0.4, -0.2) is 28.6 Å². The van der Waals surface area contributed by atoms with E-state index in [1.807, 2.05) is 0 Å². The summed E-state index contributed by atoms with van der Waals surface area (Å²) in [6.07, 6.45) is 0.235. The van der Waals surface area contributed by atoms with Crippen LogP contribution in [0.1, 0.15) is 24.5 Å². The van der Waals surface area contributed by atoms with Gasteiger partial charge in [-0.3, -0.25) is 15.0 Å². The van der Waals surface area contributed by atoms with Gasteiger partial charge in [-0.15, -0.1) is 11.8 Å². The number of nitrogens with two attached hydrogens (primary N) is 1. The Bertz CT molecular complexity index is 617. The van der Waals surface area contributed by atoms with Crippen LogP contribution < -0.4 is 5.90 Å². The summed E-state index contributed by atoms with van der Waals surface area (Å²) in [6.45, 7) is 0.972. The van der Waals surface area contributed by atoms with E-state index in [0.29, 0.717) is 26.1 Å². The number of hydrogen-bond donors (Lipinski definition) is 1. The van der Waals surface area contributed by atoms with Crippen molar-refractivity contribution in [1.29, 1.82) is 5.26 Å². The Morgan fingerprint density at radius 1 is 1.57 bits per heavy atom. The van der Waals surface area contributed by atoms with Crippen LogP contribution in [-0.2, 0) is 9.57 Å². The third-order valence-electron chi connectivity index (χ3n) is 3.72. The van der Waals surface area contributed by atoms with Gasteiger partial charge in [0.1, 0.15) is 16.7 Å². The van der Waals surface area contributed by atoms with Gasteiger partial charge >= 0.3 is 0 Å². The highest BCUT2D eigenvalue weighted by Crippen LogP contribution is 2.38. The van der Waals surface area contributed by atoms with Crippen molar-refractivity contribution in [3.8, 4) is 6.07 Å². The third-order valence-corrected chi connectivity index (χ3v) is 5.24. The van der Waals surface area contributed by atoms with E-state index in [1.165, 1.54) is 11.8 Å². The average molecular weight is 341 g/mol. The number of benzene rings is 1. The van der Waals surface area contributed by atoms with Crippen LogP contribution >= 0.6 is 11.8 Å². The monoisotopic (exact) mass is 341 g/mol. The molecular weight excluding hydrogens is 325 g/mol. The Kier molecular flexibility index (Phi) is 5.90. The van der Waals surface area contributed by atoms with E-state index < -0.39 is 21.6 Å². The zero-order valence-corrected chi connectivity index (χ0v) is 13.1. The van der Waals surface area contributed by atoms with Gasteiger partial charge in [-0.1, -0.05) is 0 Å². The van der Waals surface area contributed by atoms with Crippen LogP contribution in [0.5, 0.6) is 0 Å². The molecule has 1 unspecified atom stereocenters. The lowest BCUT2D eigenvalue weighted by Crippen LogP contribution is -2.32. The minimum atomic E-state index is -0.882. The highest BCUT2D eigenvalue weighted by atomic mass is 32.2. The van der Waals surface area contributed by atoms with Crippen LogP contribution in [0, 0.1) is 27.3 Å². The number of halogens is 1. The first-order valence-electron chi connectivity index (χ1n) is 6.93. The van der Waals surface area contributed by atoms with Gasteiger partial charge in [0.15, 0.2) is 0 Å². The van der Waals surface area contributed by atoms with E-state index in [-0.39, 0.29) is 17.0 Å². The van der Waals surface area contributed by atoms with E-state index >= 15 is 0 Å². The fourth-order valence-corrected chi connectivity index (χ4v) is 3.57. The van der Waals surface area contributed by atoms with Crippen molar-refractivity contribution in [2.75, 3.05) is 19.0 Å². The second kappa shape index (κ2) is 7.70. The number of nitriles is 1. The van der Waals surface area contributed by atoms with E-state index in [0.717, 1.165) is 18.2 Å². The Morgan fingerprint density at radius 2 is 2.26 bits per heavy atom. The Morgan fingerprint density at radius 3 is 2.83 bits per heavy atom. The standard InChI is InChI=1S/C14H16FN3O4S/c15-12-2-1-10(18(19)20)7-11(12)13(22-17)8-23-14(9-16)3-5-21-6-4-14/h1-2,7,13H,3-6,8,17H2. The van der Waals surface area contributed by atoms with E-state index in [2.05, 4.69) is 6.07 Å². The summed E-state index contributed by atoms with van der Waals surface area (Å²) in [5.74, 6) is 4.82. The molecule has 1 saturated heterocycles. The van der Waals surface area contributed by atoms with Crippen LogP contribution in [0.25, 0.3) is 0 Å². The first-order chi connectivity index (χ1) is 11.0. The van der Waals surface area contributed by atoms with Gasteiger partial charge in [-0.05, 0) is 18.9 Å². The SMILES string of the molecule is N#CC1(SCC(ON)c2cc([N+](=O)[O-])ccc2F)CCOCC1. The Hall–Kier alpha value is -1.73. The number of nitro groups is 1. The van der Waals surface area contributed by atoms with Gasteiger partial charge in [0.05, 0.1) is 11.0 Å². The first-order valence-corrected chi connectivity index (χ1v) is 7.92. The molecule has 1 aliphatic heterocycles. The van der Waals surface area contributed by atoms with Crippen molar-refractivity contribution in [1.82, 2.24) is 0 Å².